The van der Waals surface area contributed by atoms with E-state index < -0.39 is 0 Å². The number of pyridine rings is 1. The Kier molecular flexibility index (Phi) is 3.42. The molecule has 0 atom stereocenters. The number of nitrogens with zero attached hydrogens (tertiary/aromatic N) is 1. The molecule has 0 radical (unpaired) electrons. The lowest BCUT2D eigenvalue weighted by molar-refractivity contribution is -0.112. The summed E-state index contributed by atoms with van der Waals surface area (Å²) >= 11 is 6.09. The third kappa shape index (κ3) is 2.40. The van der Waals surface area contributed by atoms with Crippen LogP contribution in [0.5, 0.6) is 0 Å². The van der Waals surface area contributed by atoms with E-state index >= 15 is 0 Å². The molecule has 0 unspecified atom stereocenters. The molecule has 1 fully saturated rings. The van der Waals surface area contributed by atoms with Crippen molar-refractivity contribution in [3.63, 3.8) is 0 Å². The highest BCUT2D eigenvalue weighted by molar-refractivity contribution is 6.32. The van der Waals surface area contributed by atoms with E-state index in [1.165, 1.54) is 0 Å². The smallest absolute Gasteiger partial charge is 0.251 e. The molecule has 2 aromatic rings. The average molecular weight is 288 g/mol. The average Bonchev–Trinajstić information content (AvgIpc) is 2.36. The first-order valence-electron chi connectivity index (χ1n) is 6.40. The molecule has 0 saturated carbocycles. The number of hydrogen-bond donors (Lipinski definition) is 2. The summed E-state index contributed by atoms with van der Waals surface area (Å²) in [6, 6.07) is 7.33. The van der Waals surface area contributed by atoms with Crippen LogP contribution < -0.4 is 10.6 Å². The molecule has 0 bridgehead atoms. The molecule has 3 rings (SSSR count). The van der Waals surface area contributed by atoms with Crippen LogP contribution >= 0.6 is 11.6 Å². The van der Waals surface area contributed by atoms with Crippen molar-refractivity contribution in [3.8, 4) is 0 Å². The Hall–Kier alpha value is -1.91. The molecule has 2 N–H and O–H groups in total. The maximum Gasteiger partial charge on any atom is 0.251 e. The zero-order valence-corrected chi connectivity index (χ0v) is 11.8. The number of aromatic nitrogens is 1. The highest BCUT2D eigenvalue weighted by Crippen LogP contribution is 2.26. The van der Waals surface area contributed by atoms with Crippen LogP contribution in [0, 0.1) is 0 Å². The number of carbonyl (C=O) groups excluding carboxylic acids is 1. The molecule has 102 valence electrons. The van der Waals surface area contributed by atoms with Gasteiger partial charge in [-0.1, -0.05) is 17.7 Å². The minimum absolute atomic E-state index is 0.101. The third-order valence-electron chi connectivity index (χ3n) is 3.47. The van der Waals surface area contributed by atoms with Crippen LogP contribution in [0.4, 0.5) is 5.69 Å². The van der Waals surface area contributed by atoms with Crippen molar-refractivity contribution in [3.05, 3.63) is 46.6 Å². The summed E-state index contributed by atoms with van der Waals surface area (Å²) in [5.41, 5.74) is 3.29. The Bertz CT molecular complexity index is 718. The van der Waals surface area contributed by atoms with Crippen molar-refractivity contribution in [1.82, 2.24) is 10.3 Å². The van der Waals surface area contributed by atoms with Crippen molar-refractivity contribution >= 4 is 34.1 Å². The SMILES string of the molecule is CC(C(=O)Nc1cc(Cl)cc2cccnc12)=C1CNC1. The second kappa shape index (κ2) is 5.23. The Balaban J connectivity index is 1.96. The normalized spacial score (nSPS) is 14.0. The van der Waals surface area contributed by atoms with Crippen LogP contribution in [0.15, 0.2) is 41.6 Å². The minimum atomic E-state index is -0.101. The van der Waals surface area contributed by atoms with E-state index in [4.69, 9.17) is 11.6 Å². The van der Waals surface area contributed by atoms with Gasteiger partial charge in [0.25, 0.3) is 5.91 Å². The molecule has 1 aliphatic rings. The van der Waals surface area contributed by atoms with E-state index in [0.29, 0.717) is 10.7 Å². The molecule has 1 aliphatic heterocycles. The van der Waals surface area contributed by atoms with Crippen LogP contribution in [0.2, 0.25) is 5.02 Å². The second-order valence-corrected chi connectivity index (χ2v) is 5.25. The minimum Gasteiger partial charge on any atom is -0.320 e. The largest absolute Gasteiger partial charge is 0.320 e. The van der Waals surface area contributed by atoms with E-state index in [-0.39, 0.29) is 5.91 Å². The second-order valence-electron chi connectivity index (χ2n) is 4.81. The predicted octanol–water partition coefficient (Wildman–Crippen LogP) is 2.75. The Labute approximate surface area is 121 Å². The molecule has 2 heterocycles. The topological polar surface area (TPSA) is 54.0 Å². The molecule has 0 aliphatic carbocycles. The van der Waals surface area contributed by atoms with E-state index in [0.717, 1.165) is 35.1 Å². The Morgan fingerprint density at radius 3 is 2.90 bits per heavy atom. The molecular formula is C15H14ClN3O. The highest BCUT2D eigenvalue weighted by atomic mass is 35.5. The van der Waals surface area contributed by atoms with E-state index in [1.807, 2.05) is 25.1 Å². The molecule has 0 spiro atoms. The van der Waals surface area contributed by atoms with Gasteiger partial charge in [0, 0.05) is 35.3 Å². The third-order valence-corrected chi connectivity index (χ3v) is 3.68. The van der Waals surface area contributed by atoms with Gasteiger partial charge in [-0.05, 0) is 30.7 Å². The summed E-state index contributed by atoms with van der Waals surface area (Å²) in [5.74, 6) is -0.101. The predicted molar refractivity (Wildman–Crippen MR) is 81.0 cm³/mol. The van der Waals surface area contributed by atoms with Crippen molar-refractivity contribution in [1.29, 1.82) is 0 Å². The highest BCUT2D eigenvalue weighted by Gasteiger charge is 2.17. The first-order valence-corrected chi connectivity index (χ1v) is 6.78. The number of anilines is 1. The van der Waals surface area contributed by atoms with E-state index in [2.05, 4.69) is 15.6 Å². The fourth-order valence-corrected chi connectivity index (χ4v) is 2.37. The van der Waals surface area contributed by atoms with Crippen molar-refractivity contribution in [2.75, 3.05) is 18.4 Å². The van der Waals surface area contributed by atoms with Crippen LogP contribution in [-0.2, 0) is 4.79 Å². The molecule has 1 saturated heterocycles. The van der Waals surface area contributed by atoms with Crippen LogP contribution in [0.25, 0.3) is 10.9 Å². The van der Waals surface area contributed by atoms with Gasteiger partial charge >= 0.3 is 0 Å². The van der Waals surface area contributed by atoms with Crippen molar-refractivity contribution < 1.29 is 4.79 Å². The molecule has 1 aromatic carbocycles. The van der Waals surface area contributed by atoms with Gasteiger partial charge in [0.2, 0.25) is 0 Å². The number of carbonyl (C=O) groups is 1. The number of benzene rings is 1. The van der Waals surface area contributed by atoms with Gasteiger partial charge in [-0.25, -0.2) is 0 Å². The molecule has 5 heteroatoms. The summed E-state index contributed by atoms with van der Waals surface area (Å²) in [6.07, 6.45) is 1.70. The molecule has 1 aromatic heterocycles. The fraction of sp³-hybridized carbons (Fsp3) is 0.200. The van der Waals surface area contributed by atoms with Gasteiger partial charge in [0.05, 0.1) is 11.2 Å². The Morgan fingerprint density at radius 2 is 2.20 bits per heavy atom. The number of nitrogens with one attached hydrogen (secondary N) is 2. The number of rotatable bonds is 2. The summed E-state index contributed by atoms with van der Waals surface area (Å²) in [6.45, 7) is 3.41. The van der Waals surface area contributed by atoms with Gasteiger partial charge in [-0.15, -0.1) is 0 Å². The molecule has 1 amide bonds. The number of halogens is 1. The van der Waals surface area contributed by atoms with E-state index in [9.17, 15) is 4.79 Å². The fourth-order valence-electron chi connectivity index (χ4n) is 2.14. The summed E-state index contributed by atoms with van der Waals surface area (Å²) in [4.78, 5) is 16.5. The van der Waals surface area contributed by atoms with Crippen LogP contribution in [0.3, 0.4) is 0 Å². The standard InChI is InChI=1S/C15H14ClN3O/c1-9(11-7-17-8-11)15(20)19-13-6-12(16)5-10-3-2-4-18-14(10)13/h2-6,17H,7-8H2,1H3,(H,19,20). The van der Waals surface area contributed by atoms with E-state index in [1.54, 1.807) is 12.3 Å². The van der Waals surface area contributed by atoms with Crippen LogP contribution in [-0.4, -0.2) is 24.0 Å². The maximum absolute atomic E-state index is 12.2. The monoisotopic (exact) mass is 287 g/mol. The quantitative estimate of drug-likeness (QED) is 0.835. The lowest BCUT2D eigenvalue weighted by Gasteiger charge is -2.21. The molecule has 20 heavy (non-hydrogen) atoms. The zero-order chi connectivity index (χ0) is 14.1. The van der Waals surface area contributed by atoms with Gasteiger partial charge in [0.1, 0.15) is 0 Å². The van der Waals surface area contributed by atoms with Crippen molar-refractivity contribution in [2.24, 2.45) is 0 Å². The summed E-state index contributed by atoms with van der Waals surface area (Å²) in [5, 5.41) is 7.52. The van der Waals surface area contributed by atoms with Crippen LogP contribution in [0.1, 0.15) is 6.92 Å². The maximum atomic E-state index is 12.2. The zero-order valence-electron chi connectivity index (χ0n) is 11.0. The number of hydrogen-bond acceptors (Lipinski definition) is 3. The first kappa shape index (κ1) is 13.1. The Morgan fingerprint density at radius 1 is 1.40 bits per heavy atom. The van der Waals surface area contributed by atoms with Crippen molar-refractivity contribution in [2.45, 2.75) is 6.92 Å². The summed E-state index contributed by atoms with van der Waals surface area (Å²) < 4.78 is 0. The number of fused-ring (bicyclic) bond motifs is 1. The van der Waals surface area contributed by atoms with Gasteiger partial charge in [0.15, 0.2) is 0 Å². The van der Waals surface area contributed by atoms with Gasteiger partial charge < -0.3 is 10.6 Å². The summed E-state index contributed by atoms with van der Waals surface area (Å²) in [7, 11) is 0. The number of amides is 1. The first-order chi connectivity index (χ1) is 9.65. The van der Waals surface area contributed by atoms with Gasteiger partial charge in [-0.3, -0.25) is 9.78 Å². The molecular weight excluding hydrogens is 274 g/mol. The lowest BCUT2D eigenvalue weighted by atomic mass is 10.0. The van der Waals surface area contributed by atoms with Gasteiger partial charge in [-0.2, -0.15) is 0 Å². The lowest BCUT2D eigenvalue weighted by Crippen LogP contribution is -2.36. The molecule has 4 nitrogen and oxygen atoms in total.